The average molecular weight is 563 g/mol. The molecule has 164 valence electrons. The summed E-state index contributed by atoms with van der Waals surface area (Å²) in [5, 5.41) is 19.2. The number of nitrogens with zero attached hydrogens (tertiary/aromatic N) is 1. The van der Waals surface area contributed by atoms with Crippen molar-refractivity contribution in [2.24, 2.45) is 4.99 Å². The van der Waals surface area contributed by atoms with Crippen LogP contribution in [0.1, 0.15) is 25.6 Å². The number of guanidine groups is 1. The van der Waals surface area contributed by atoms with Gasteiger partial charge in [0.25, 0.3) is 0 Å². The van der Waals surface area contributed by atoms with E-state index in [-0.39, 0.29) is 46.5 Å². The van der Waals surface area contributed by atoms with Crippen LogP contribution in [0.4, 0.5) is 0 Å². The van der Waals surface area contributed by atoms with Crippen LogP contribution in [0.15, 0.2) is 61.5 Å². The Morgan fingerprint density at radius 1 is 1.27 bits per heavy atom. The van der Waals surface area contributed by atoms with E-state index < -0.39 is 15.9 Å². The van der Waals surface area contributed by atoms with E-state index in [1.807, 2.05) is 44.2 Å². The largest absolute Gasteiger partial charge is 0.459 e. The minimum absolute atomic E-state index is 0. The van der Waals surface area contributed by atoms with E-state index >= 15 is 0 Å². The highest BCUT2D eigenvalue weighted by atomic mass is 127. The molecule has 3 N–H and O–H groups in total. The van der Waals surface area contributed by atoms with Crippen LogP contribution >= 0.6 is 35.3 Å². The number of hydrogen-bond donors (Lipinski definition) is 3. The number of thiophene rings is 1. The van der Waals surface area contributed by atoms with Crippen LogP contribution in [-0.4, -0.2) is 44.4 Å². The molecule has 0 spiro atoms. The zero-order valence-electron chi connectivity index (χ0n) is 16.7. The lowest BCUT2D eigenvalue weighted by Crippen LogP contribution is -2.39. The van der Waals surface area contributed by atoms with Gasteiger partial charge in [-0.25, -0.2) is 8.42 Å². The third kappa shape index (κ3) is 6.43. The molecule has 0 amide bonds. The van der Waals surface area contributed by atoms with Crippen LogP contribution in [-0.2, 0) is 9.84 Å². The lowest BCUT2D eigenvalue weighted by molar-refractivity contribution is 0.206. The molecule has 0 aliphatic heterocycles. The number of para-hydroxylation sites is 1. The molecule has 0 fully saturated rings. The molecule has 3 aromatic rings. The maximum atomic E-state index is 12.3. The van der Waals surface area contributed by atoms with Crippen molar-refractivity contribution < 1.29 is 17.9 Å². The summed E-state index contributed by atoms with van der Waals surface area (Å²) in [5.41, 5.74) is 0.812. The molecule has 0 aliphatic carbocycles. The maximum absolute atomic E-state index is 12.3. The van der Waals surface area contributed by atoms with Crippen molar-refractivity contribution in [2.45, 2.75) is 30.2 Å². The van der Waals surface area contributed by atoms with E-state index in [1.165, 1.54) is 6.07 Å². The van der Waals surface area contributed by atoms with E-state index in [4.69, 9.17) is 4.42 Å². The van der Waals surface area contributed by atoms with Crippen LogP contribution in [0.5, 0.6) is 0 Å². The number of rotatable bonds is 8. The van der Waals surface area contributed by atoms with E-state index in [2.05, 4.69) is 15.6 Å². The smallest absolute Gasteiger partial charge is 0.191 e. The molecule has 10 heteroatoms. The summed E-state index contributed by atoms with van der Waals surface area (Å²) in [6.45, 7) is 4.47. The fourth-order valence-corrected chi connectivity index (χ4v) is 5.31. The SMILES string of the molecule is CCNC(=NCC(O)CS(=O)(=O)c1cccs1)NC(C)c1cc2ccccc2o1.I. The molecule has 7 nitrogen and oxygen atoms in total. The van der Waals surface area contributed by atoms with Gasteiger partial charge in [-0.15, -0.1) is 35.3 Å². The highest BCUT2D eigenvalue weighted by molar-refractivity contribution is 14.0. The number of halogens is 1. The van der Waals surface area contributed by atoms with Crippen LogP contribution in [0.3, 0.4) is 0 Å². The van der Waals surface area contributed by atoms with Gasteiger partial charge in [-0.1, -0.05) is 24.3 Å². The second-order valence-electron chi connectivity index (χ2n) is 6.64. The van der Waals surface area contributed by atoms with Gasteiger partial charge < -0.3 is 20.2 Å². The molecule has 0 saturated carbocycles. The number of benzene rings is 1. The van der Waals surface area contributed by atoms with Crippen molar-refractivity contribution in [3.05, 3.63) is 53.6 Å². The van der Waals surface area contributed by atoms with Crippen molar-refractivity contribution >= 4 is 62.1 Å². The summed E-state index contributed by atoms with van der Waals surface area (Å²) in [5.74, 6) is 0.876. The standard InChI is InChI=1S/C20H25N3O4S2.HI/c1-3-21-20(22-12-16(24)13-29(25,26)19-9-6-10-28-19)23-14(2)18-11-15-7-4-5-8-17(15)27-18;/h4-11,14,16,24H,3,12-13H2,1-2H3,(H2,21,22,23);1H. The van der Waals surface area contributed by atoms with Crippen LogP contribution < -0.4 is 10.6 Å². The summed E-state index contributed by atoms with van der Waals surface area (Å²) < 4.78 is 30.7. The molecule has 0 bridgehead atoms. The first-order chi connectivity index (χ1) is 13.9. The van der Waals surface area contributed by atoms with Crippen LogP contribution in [0.25, 0.3) is 11.0 Å². The number of fused-ring (bicyclic) bond motifs is 1. The first kappa shape index (κ1) is 24.6. The third-order valence-corrected chi connectivity index (χ3v) is 7.53. The summed E-state index contributed by atoms with van der Waals surface area (Å²) in [6, 6.07) is 12.8. The molecule has 1 aromatic carbocycles. The van der Waals surface area contributed by atoms with Crippen molar-refractivity contribution in [1.82, 2.24) is 10.6 Å². The number of sulfone groups is 1. The Morgan fingerprint density at radius 3 is 2.70 bits per heavy atom. The number of aliphatic hydroxyl groups excluding tert-OH is 1. The van der Waals surface area contributed by atoms with E-state index in [0.29, 0.717) is 12.5 Å². The lowest BCUT2D eigenvalue weighted by atomic mass is 10.2. The molecular weight excluding hydrogens is 537 g/mol. The number of aliphatic hydroxyl groups is 1. The molecule has 30 heavy (non-hydrogen) atoms. The molecule has 0 radical (unpaired) electrons. The molecule has 0 aliphatic rings. The number of hydrogen-bond acceptors (Lipinski definition) is 6. The van der Waals surface area contributed by atoms with E-state index in [0.717, 1.165) is 28.1 Å². The zero-order valence-corrected chi connectivity index (χ0v) is 20.7. The fraction of sp³-hybridized carbons (Fsp3) is 0.350. The zero-order chi connectivity index (χ0) is 20.9. The third-order valence-electron chi connectivity index (χ3n) is 4.24. The average Bonchev–Trinajstić information content (AvgIpc) is 3.35. The second-order valence-corrected chi connectivity index (χ2v) is 9.85. The molecule has 2 atom stereocenters. The predicted molar refractivity (Wildman–Crippen MR) is 132 cm³/mol. The van der Waals surface area contributed by atoms with E-state index in [1.54, 1.807) is 11.4 Å². The van der Waals surface area contributed by atoms with Gasteiger partial charge in [-0.05, 0) is 37.4 Å². The normalized spacial score (nSPS) is 14.2. The van der Waals surface area contributed by atoms with Crippen molar-refractivity contribution in [1.29, 1.82) is 0 Å². The van der Waals surface area contributed by atoms with Crippen molar-refractivity contribution in [3.8, 4) is 0 Å². The first-order valence-corrected chi connectivity index (χ1v) is 11.9. The summed E-state index contributed by atoms with van der Waals surface area (Å²) in [7, 11) is -3.51. The van der Waals surface area contributed by atoms with Gasteiger partial charge >= 0.3 is 0 Å². The first-order valence-electron chi connectivity index (χ1n) is 9.36. The van der Waals surface area contributed by atoms with Crippen LogP contribution in [0.2, 0.25) is 0 Å². The Kier molecular flexibility index (Phi) is 9.13. The van der Waals surface area contributed by atoms with Crippen LogP contribution in [0, 0.1) is 0 Å². The van der Waals surface area contributed by atoms with Gasteiger partial charge in [0, 0.05) is 11.9 Å². The molecule has 3 rings (SSSR count). The van der Waals surface area contributed by atoms with Gasteiger partial charge in [-0.2, -0.15) is 0 Å². The summed E-state index contributed by atoms with van der Waals surface area (Å²) in [4.78, 5) is 4.34. The Balaban J connectivity index is 0.00000320. The monoisotopic (exact) mass is 563 g/mol. The van der Waals surface area contributed by atoms with Gasteiger partial charge in [0.05, 0.1) is 24.4 Å². The number of aliphatic imine (C=N–C) groups is 1. The summed E-state index contributed by atoms with van der Waals surface area (Å²) in [6.07, 6.45) is -1.10. The van der Waals surface area contributed by atoms with Gasteiger partial charge in [0.2, 0.25) is 0 Å². The van der Waals surface area contributed by atoms with E-state index in [9.17, 15) is 13.5 Å². The van der Waals surface area contributed by atoms with Crippen molar-refractivity contribution in [2.75, 3.05) is 18.8 Å². The quantitative estimate of drug-likeness (QED) is 0.220. The maximum Gasteiger partial charge on any atom is 0.191 e. The van der Waals surface area contributed by atoms with Gasteiger partial charge in [0.15, 0.2) is 15.8 Å². The highest BCUT2D eigenvalue weighted by Gasteiger charge is 2.21. The summed E-state index contributed by atoms with van der Waals surface area (Å²) >= 11 is 1.14. The number of furan rings is 1. The fourth-order valence-electron chi connectivity index (χ4n) is 2.84. The predicted octanol–water partition coefficient (Wildman–Crippen LogP) is 3.56. The van der Waals surface area contributed by atoms with Crippen molar-refractivity contribution in [3.63, 3.8) is 0 Å². The van der Waals surface area contributed by atoms with Gasteiger partial charge in [0.1, 0.15) is 15.6 Å². The molecule has 0 saturated heterocycles. The topological polar surface area (TPSA) is 104 Å². The molecule has 2 unspecified atom stereocenters. The Morgan fingerprint density at radius 2 is 2.03 bits per heavy atom. The second kappa shape index (κ2) is 11.1. The van der Waals surface area contributed by atoms with Gasteiger partial charge in [-0.3, -0.25) is 4.99 Å². The molecular formula is C20H26IN3O4S2. The highest BCUT2D eigenvalue weighted by Crippen LogP contribution is 2.23. The Bertz CT molecular complexity index is 1030. The number of nitrogens with one attached hydrogen (secondary N) is 2. The lowest BCUT2D eigenvalue weighted by Gasteiger charge is -2.17. The minimum Gasteiger partial charge on any atom is -0.459 e. The minimum atomic E-state index is -3.51. The Labute approximate surface area is 197 Å². The molecule has 2 heterocycles. The Hall–Kier alpha value is -1.63. The molecule has 2 aromatic heterocycles.